The van der Waals surface area contributed by atoms with Gasteiger partial charge in [0.2, 0.25) is 0 Å². The molecule has 2 heterocycles. The lowest BCUT2D eigenvalue weighted by Gasteiger charge is -2.26. The zero-order chi connectivity index (χ0) is 17.9. The second-order valence-corrected chi connectivity index (χ2v) is 8.22. The van der Waals surface area contributed by atoms with Gasteiger partial charge < -0.3 is 15.2 Å². The van der Waals surface area contributed by atoms with Crippen LogP contribution in [0.1, 0.15) is 63.0 Å². The van der Waals surface area contributed by atoms with E-state index in [1.54, 1.807) is 0 Å². The Bertz CT molecular complexity index is 628. The van der Waals surface area contributed by atoms with Crippen LogP contribution in [0, 0.1) is 6.92 Å². The molecule has 0 amide bonds. The Balaban J connectivity index is 1.39. The zero-order valence-electron chi connectivity index (χ0n) is 16.2. The van der Waals surface area contributed by atoms with Crippen LogP contribution in [0.3, 0.4) is 0 Å². The molecule has 3 aliphatic rings. The van der Waals surface area contributed by atoms with E-state index in [2.05, 4.69) is 25.7 Å². The smallest absolute Gasteiger partial charge is 0.192 e. The van der Waals surface area contributed by atoms with Crippen LogP contribution in [-0.2, 0) is 13.6 Å². The fraction of sp³-hybridized carbons (Fsp3) is 0.842. The SMILES string of the molecule is Cc1nnc(CN=C(NC2CCCCC2)NC2CCN(C3CC3)C2)n1C. The first kappa shape index (κ1) is 17.8. The van der Waals surface area contributed by atoms with Crippen LogP contribution < -0.4 is 10.6 Å². The number of aliphatic imine (C=N–C) groups is 1. The largest absolute Gasteiger partial charge is 0.354 e. The number of aromatic nitrogens is 3. The summed E-state index contributed by atoms with van der Waals surface area (Å²) < 4.78 is 2.02. The number of hydrogen-bond donors (Lipinski definition) is 2. The monoisotopic (exact) mass is 359 g/mol. The molecule has 0 bridgehead atoms. The normalized spacial score (nSPS) is 25.6. The first-order valence-corrected chi connectivity index (χ1v) is 10.4. The summed E-state index contributed by atoms with van der Waals surface area (Å²) in [5, 5.41) is 15.8. The Morgan fingerprint density at radius 3 is 2.50 bits per heavy atom. The first-order chi connectivity index (χ1) is 12.7. The highest BCUT2D eigenvalue weighted by molar-refractivity contribution is 5.80. The molecule has 2 saturated carbocycles. The number of likely N-dealkylation sites (tertiary alicyclic amines) is 1. The molecule has 144 valence electrons. The van der Waals surface area contributed by atoms with Crippen molar-refractivity contribution in [1.29, 1.82) is 0 Å². The third-order valence-corrected chi connectivity index (χ3v) is 6.13. The molecule has 2 aliphatic carbocycles. The Morgan fingerprint density at radius 2 is 1.81 bits per heavy atom. The molecule has 0 aromatic carbocycles. The molecule has 0 spiro atoms. The van der Waals surface area contributed by atoms with Crippen LogP contribution in [0.5, 0.6) is 0 Å². The summed E-state index contributed by atoms with van der Waals surface area (Å²) in [4.78, 5) is 7.50. The molecule has 1 aromatic heterocycles. The number of hydrogen-bond acceptors (Lipinski definition) is 4. The van der Waals surface area contributed by atoms with Gasteiger partial charge >= 0.3 is 0 Å². The standard InChI is InChI=1S/C19H33N7/c1-14-23-24-18(25(14)2)12-20-19(21-15-6-4-3-5-7-15)22-16-10-11-26(13-16)17-8-9-17/h15-17H,3-13H2,1-2H3,(H2,20,21,22). The molecule has 1 atom stereocenters. The van der Waals surface area contributed by atoms with Crippen molar-refractivity contribution >= 4 is 5.96 Å². The molecule has 4 rings (SSSR count). The lowest BCUT2D eigenvalue weighted by atomic mass is 9.96. The van der Waals surface area contributed by atoms with Crippen molar-refractivity contribution in [3.63, 3.8) is 0 Å². The zero-order valence-corrected chi connectivity index (χ0v) is 16.2. The van der Waals surface area contributed by atoms with Crippen LogP contribution in [0.15, 0.2) is 4.99 Å². The summed E-state index contributed by atoms with van der Waals surface area (Å²) in [6.07, 6.45) is 10.5. The predicted octanol–water partition coefficient (Wildman–Crippen LogP) is 1.73. The minimum Gasteiger partial charge on any atom is -0.354 e. The Morgan fingerprint density at radius 1 is 1.04 bits per heavy atom. The summed E-state index contributed by atoms with van der Waals surface area (Å²) in [5.74, 6) is 2.80. The van der Waals surface area contributed by atoms with Crippen molar-refractivity contribution < 1.29 is 0 Å². The van der Waals surface area contributed by atoms with E-state index in [9.17, 15) is 0 Å². The van der Waals surface area contributed by atoms with Crippen molar-refractivity contribution in [3.8, 4) is 0 Å². The average molecular weight is 360 g/mol. The molecule has 2 N–H and O–H groups in total. The van der Waals surface area contributed by atoms with E-state index in [4.69, 9.17) is 4.99 Å². The van der Waals surface area contributed by atoms with E-state index in [1.165, 1.54) is 57.9 Å². The van der Waals surface area contributed by atoms with E-state index in [-0.39, 0.29) is 0 Å². The molecule has 7 nitrogen and oxygen atoms in total. The van der Waals surface area contributed by atoms with Gasteiger partial charge in [0.1, 0.15) is 12.4 Å². The third kappa shape index (κ3) is 4.37. The highest BCUT2D eigenvalue weighted by Gasteiger charge is 2.34. The summed E-state index contributed by atoms with van der Waals surface area (Å²) in [7, 11) is 2.01. The van der Waals surface area contributed by atoms with E-state index in [1.807, 2.05) is 18.5 Å². The van der Waals surface area contributed by atoms with Gasteiger partial charge in [-0.05, 0) is 39.0 Å². The summed E-state index contributed by atoms with van der Waals surface area (Å²) >= 11 is 0. The van der Waals surface area contributed by atoms with Crippen LogP contribution in [0.25, 0.3) is 0 Å². The molecule has 3 fully saturated rings. The molecule has 7 heteroatoms. The molecule has 1 aromatic rings. The van der Waals surface area contributed by atoms with Gasteiger partial charge in [-0.15, -0.1) is 10.2 Å². The Hall–Kier alpha value is -1.63. The Kier molecular flexibility index (Phi) is 5.43. The van der Waals surface area contributed by atoms with Gasteiger partial charge in [0.25, 0.3) is 0 Å². The summed E-state index contributed by atoms with van der Waals surface area (Å²) in [6.45, 7) is 4.92. The third-order valence-electron chi connectivity index (χ3n) is 6.13. The minimum atomic E-state index is 0.506. The second kappa shape index (κ2) is 7.94. The number of guanidine groups is 1. The van der Waals surface area contributed by atoms with E-state index < -0.39 is 0 Å². The van der Waals surface area contributed by atoms with Gasteiger partial charge in [-0.3, -0.25) is 4.90 Å². The van der Waals surface area contributed by atoms with Crippen molar-refractivity contribution in [2.45, 2.75) is 83.0 Å². The van der Waals surface area contributed by atoms with Gasteiger partial charge in [0, 0.05) is 38.3 Å². The Labute approximate surface area is 156 Å². The van der Waals surface area contributed by atoms with Crippen LogP contribution in [-0.4, -0.2) is 56.8 Å². The molecule has 0 radical (unpaired) electrons. The van der Waals surface area contributed by atoms with Gasteiger partial charge in [0.15, 0.2) is 11.8 Å². The van der Waals surface area contributed by atoms with Crippen LogP contribution in [0.2, 0.25) is 0 Å². The minimum absolute atomic E-state index is 0.506. The van der Waals surface area contributed by atoms with Gasteiger partial charge in [-0.2, -0.15) is 0 Å². The average Bonchev–Trinajstić information content (AvgIpc) is 3.32. The fourth-order valence-electron chi connectivity index (χ4n) is 4.18. The lowest BCUT2D eigenvalue weighted by Crippen LogP contribution is -2.48. The highest BCUT2D eigenvalue weighted by atomic mass is 15.3. The molecule has 1 aliphatic heterocycles. The maximum Gasteiger partial charge on any atom is 0.192 e. The van der Waals surface area contributed by atoms with E-state index in [0.717, 1.165) is 30.2 Å². The van der Waals surface area contributed by atoms with Crippen molar-refractivity contribution in [2.75, 3.05) is 13.1 Å². The number of nitrogens with one attached hydrogen (secondary N) is 2. The summed E-state index contributed by atoms with van der Waals surface area (Å²) in [6, 6.07) is 1.92. The maximum atomic E-state index is 4.86. The van der Waals surface area contributed by atoms with Gasteiger partial charge in [0.05, 0.1) is 0 Å². The lowest BCUT2D eigenvalue weighted by molar-refractivity contribution is 0.321. The van der Waals surface area contributed by atoms with Crippen LogP contribution in [0.4, 0.5) is 0 Å². The first-order valence-electron chi connectivity index (χ1n) is 10.4. The second-order valence-electron chi connectivity index (χ2n) is 8.22. The number of nitrogens with zero attached hydrogens (tertiary/aromatic N) is 5. The van der Waals surface area contributed by atoms with Crippen molar-refractivity contribution in [1.82, 2.24) is 30.3 Å². The quantitative estimate of drug-likeness (QED) is 0.619. The molecular weight excluding hydrogens is 326 g/mol. The topological polar surface area (TPSA) is 70.4 Å². The molecule has 1 unspecified atom stereocenters. The highest BCUT2D eigenvalue weighted by Crippen LogP contribution is 2.29. The molecule has 1 saturated heterocycles. The van der Waals surface area contributed by atoms with Gasteiger partial charge in [-0.25, -0.2) is 4.99 Å². The number of aryl methyl sites for hydroxylation is 1. The number of rotatable bonds is 5. The molecular formula is C19H33N7. The fourth-order valence-corrected chi connectivity index (χ4v) is 4.18. The van der Waals surface area contributed by atoms with E-state index in [0.29, 0.717) is 18.6 Å². The maximum absolute atomic E-state index is 4.86. The van der Waals surface area contributed by atoms with Gasteiger partial charge in [-0.1, -0.05) is 19.3 Å². The van der Waals surface area contributed by atoms with Crippen molar-refractivity contribution in [2.24, 2.45) is 12.0 Å². The van der Waals surface area contributed by atoms with Crippen LogP contribution >= 0.6 is 0 Å². The predicted molar refractivity (Wildman–Crippen MR) is 103 cm³/mol. The molecule has 26 heavy (non-hydrogen) atoms. The van der Waals surface area contributed by atoms with E-state index >= 15 is 0 Å². The van der Waals surface area contributed by atoms with Crippen molar-refractivity contribution in [3.05, 3.63) is 11.6 Å². The summed E-state index contributed by atoms with van der Waals surface area (Å²) in [5.41, 5.74) is 0.